The van der Waals surface area contributed by atoms with Crippen molar-refractivity contribution in [2.45, 2.75) is 17.1 Å². The van der Waals surface area contributed by atoms with Crippen LogP contribution in [-0.2, 0) is 11.9 Å². The number of thioether (sulfide) groups is 1. The molecule has 3 rings (SSSR count). The molecule has 1 amide bonds. The van der Waals surface area contributed by atoms with Crippen LogP contribution in [0.3, 0.4) is 0 Å². The summed E-state index contributed by atoms with van der Waals surface area (Å²) in [5, 5.41) is 9.76. The number of hydrogen-bond acceptors (Lipinski definition) is 4. The summed E-state index contributed by atoms with van der Waals surface area (Å²) in [6.07, 6.45) is -2.99. The van der Waals surface area contributed by atoms with Crippen LogP contribution in [0.1, 0.15) is 21.5 Å². The molecule has 134 valence electrons. The summed E-state index contributed by atoms with van der Waals surface area (Å²) in [4.78, 5) is 16.3. The van der Waals surface area contributed by atoms with E-state index in [9.17, 15) is 18.0 Å². The van der Waals surface area contributed by atoms with Crippen molar-refractivity contribution >= 4 is 23.4 Å². The molecule has 0 spiro atoms. The van der Waals surface area contributed by atoms with E-state index >= 15 is 0 Å². The summed E-state index contributed by atoms with van der Waals surface area (Å²) in [5.74, 6) is 0.202. The van der Waals surface area contributed by atoms with Crippen LogP contribution < -0.4 is 5.32 Å². The number of carbonyl (C=O) groups excluding carboxylic acids is 1. The number of H-pyrrole nitrogens is 1. The second kappa shape index (κ2) is 7.61. The van der Waals surface area contributed by atoms with Crippen LogP contribution in [0.25, 0.3) is 0 Å². The second-order valence-electron chi connectivity index (χ2n) is 5.31. The Labute approximate surface area is 151 Å². The number of aromatic amines is 1. The van der Waals surface area contributed by atoms with Gasteiger partial charge in [-0.15, -0.1) is 0 Å². The van der Waals surface area contributed by atoms with E-state index in [0.717, 1.165) is 17.7 Å². The molecule has 3 aromatic rings. The summed E-state index contributed by atoms with van der Waals surface area (Å²) >= 11 is 1.44. The van der Waals surface area contributed by atoms with Gasteiger partial charge in [0, 0.05) is 17.0 Å². The molecule has 2 N–H and O–H groups in total. The van der Waals surface area contributed by atoms with E-state index < -0.39 is 17.6 Å². The highest BCUT2D eigenvalue weighted by Crippen LogP contribution is 2.30. The molecule has 0 saturated carbocycles. The van der Waals surface area contributed by atoms with E-state index in [0.29, 0.717) is 22.2 Å². The lowest BCUT2D eigenvalue weighted by molar-refractivity contribution is -0.137. The van der Waals surface area contributed by atoms with E-state index in [1.165, 1.54) is 30.2 Å². The van der Waals surface area contributed by atoms with Crippen molar-refractivity contribution in [2.24, 2.45) is 0 Å². The standard InChI is InChI=1S/C17H13F3N4OS/c18-17(19,20)13-4-6-14(7-5-13)23-15(25)12-3-1-2-11(8-12)9-26-16-21-10-22-24-16/h1-8,10H,9H2,(H,23,25)(H,21,22,24). The van der Waals surface area contributed by atoms with E-state index in [-0.39, 0.29) is 0 Å². The van der Waals surface area contributed by atoms with Gasteiger partial charge in [0.25, 0.3) is 5.91 Å². The zero-order valence-electron chi connectivity index (χ0n) is 13.2. The molecule has 2 aromatic carbocycles. The zero-order valence-corrected chi connectivity index (χ0v) is 14.1. The van der Waals surface area contributed by atoms with Crippen molar-refractivity contribution in [3.63, 3.8) is 0 Å². The largest absolute Gasteiger partial charge is 0.416 e. The topological polar surface area (TPSA) is 70.7 Å². The number of nitrogens with zero attached hydrogens (tertiary/aromatic N) is 2. The summed E-state index contributed by atoms with van der Waals surface area (Å²) < 4.78 is 37.7. The normalized spacial score (nSPS) is 11.3. The van der Waals surface area contributed by atoms with Crippen molar-refractivity contribution < 1.29 is 18.0 Å². The van der Waals surface area contributed by atoms with E-state index in [4.69, 9.17) is 0 Å². The molecule has 0 saturated heterocycles. The molecule has 0 aliphatic carbocycles. The van der Waals surface area contributed by atoms with Crippen molar-refractivity contribution in [2.75, 3.05) is 5.32 Å². The Balaban J connectivity index is 1.65. The van der Waals surface area contributed by atoms with Crippen molar-refractivity contribution in [3.05, 3.63) is 71.5 Å². The van der Waals surface area contributed by atoms with Gasteiger partial charge in [-0.25, -0.2) is 4.98 Å². The Bertz CT molecular complexity index is 880. The quantitative estimate of drug-likeness (QED) is 0.647. The first-order chi connectivity index (χ1) is 12.4. The fourth-order valence-corrected chi connectivity index (χ4v) is 2.89. The molecular formula is C17H13F3N4OS. The van der Waals surface area contributed by atoms with Crippen LogP contribution in [0.4, 0.5) is 18.9 Å². The predicted molar refractivity (Wildman–Crippen MR) is 91.8 cm³/mol. The SMILES string of the molecule is O=C(Nc1ccc(C(F)(F)F)cc1)c1cccc(CSc2ncn[nH]2)c1. The van der Waals surface area contributed by atoms with Gasteiger partial charge in [0.05, 0.1) is 5.56 Å². The van der Waals surface area contributed by atoms with Gasteiger partial charge in [-0.2, -0.15) is 18.3 Å². The summed E-state index contributed by atoms with van der Waals surface area (Å²) in [7, 11) is 0. The molecule has 0 aliphatic heterocycles. The van der Waals surface area contributed by atoms with Crippen LogP contribution in [0.2, 0.25) is 0 Å². The minimum atomic E-state index is -4.40. The van der Waals surface area contributed by atoms with Gasteiger partial charge in [-0.3, -0.25) is 9.89 Å². The molecule has 0 bridgehead atoms. The number of alkyl halides is 3. The number of nitrogens with one attached hydrogen (secondary N) is 2. The number of halogens is 3. The molecule has 0 atom stereocenters. The number of carbonyl (C=O) groups is 1. The molecule has 1 aromatic heterocycles. The number of amides is 1. The third-order valence-corrected chi connectivity index (χ3v) is 4.38. The van der Waals surface area contributed by atoms with Crippen LogP contribution in [0, 0.1) is 0 Å². The summed E-state index contributed by atoms with van der Waals surface area (Å²) in [5.41, 5.74) is 0.860. The molecular weight excluding hydrogens is 365 g/mol. The molecule has 0 radical (unpaired) electrons. The van der Waals surface area contributed by atoms with Crippen LogP contribution in [0.5, 0.6) is 0 Å². The maximum absolute atomic E-state index is 12.6. The number of anilines is 1. The minimum Gasteiger partial charge on any atom is -0.322 e. The number of rotatable bonds is 5. The third-order valence-electron chi connectivity index (χ3n) is 3.43. The lowest BCUT2D eigenvalue weighted by Crippen LogP contribution is -2.12. The van der Waals surface area contributed by atoms with Gasteiger partial charge in [-0.1, -0.05) is 23.9 Å². The Morgan fingerprint density at radius 3 is 2.58 bits per heavy atom. The lowest BCUT2D eigenvalue weighted by Gasteiger charge is -2.09. The molecule has 0 aliphatic rings. The maximum atomic E-state index is 12.6. The smallest absolute Gasteiger partial charge is 0.322 e. The van der Waals surface area contributed by atoms with E-state index in [1.807, 2.05) is 6.07 Å². The first-order valence-electron chi connectivity index (χ1n) is 7.47. The first-order valence-corrected chi connectivity index (χ1v) is 8.46. The lowest BCUT2D eigenvalue weighted by atomic mass is 10.1. The molecule has 9 heteroatoms. The Kier molecular flexibility index (Phi) is 5.27. The van der Waals surface area contributed by atoms with E-state index in [2.05, 4.69) is 20.5 Å². The molecule has 26 heavy (non-hydrogen) atoms. The summed E-state index contributed by atoms with van der Waals surface area (Å²) in [6, 6.07) is 11.3. The molecule has 1 heterocycles. The van der Waals surface area contributed by atoms with Gasteiger partial charge in [0.15, 0.2) is 5.16 Å². The van der Waals surface area contributed by atoms with Crippen LogP contribution in [0.15, 0.2) is 60.0 Å². The highest BCUT2D eigenvalue weighted by atomic mass is 32.2. The molecule has 5 nitrogen and oxygen atoms in total. The highest BCUT2D eigenvalue weighted by Gasteiger charge is 2.29. The second-order valence-corrected chi connectivity index (χ2v) is 6.27. The Hall–Kier alpha value is -2.81. The van der Waals surface area contributed by atoms with Crippen LogP contribution >= 0.6 is 11.8 Å². The number of aromatic nitrogens is 3. The average Bonchev–Trinajstić information content (AvgIpc) is 3.13. The third kappa shape index (κ3) is 4.63. The number of hydrogen-bond donors (Lipinski definition) is 2. The maximum Gasteiger partial charge on any atom is 0.416 e. The van der Waals surface area contributed by atoms with Gasteiger partial charge < -0.3 is 5.32 Å². The van der Waals surface area contributed by atoms with Gasteiger partial charge in [0.2, 0.25) is 0 Å². The fourth-order valence-electron chi connectivity index (χ4n) is 2.16. The molecule has 0 fully saturated rings. The average molecular weight is 378 g/mol. The monoisotopic (exact) mass is 378 g/mol. The van der Waals surface area contributed by atoms with Gasteiger partial charge in [0.1, 0.15) is 6.33 Å². The van der Waals surface area contributed by atoms with Crippen molar-refractivity contribution in [1.82, 2.24) is 15.2 Å². The Morgan fingerprint density at radius 2 is 1.92 bits per heavy atom. The zero-order chi connectivity index (χ0) is 18.6. The van der Waals surface area contributed by atoms with Gasteiger partial charge in [-0.05, 0) is 42.0 Å². The van der Waals surface area contributed by atoms with Crippen molar-refractivity contribution in [1.29, 1.82) is 0 Å². The first kappa shape index (κ1) is 18.0. The van der Waals surface area contributed by atoms with Crippen molar-refractivity contribution in [3.8, 4) is 0 Å². The number of benzene rings is 2. The van der Waals surface area contributed by atoms with Gasteiger partial charge >= 0.3 is 6.18 Å². The Morgan fingerprint density at radius 1 is 1.15 bits per heavy atom. The van der Waals surface area contributed by atoms with Crippen LogP contribution in [-0.4, -0.2) is 21.1 Å². The predicted octanol–water partition coefficient (Wildman–Crippen LogP) is 4.37. The van der Waals surface area contributed by atoms with E-state index in [1.54, 1.807) is 18.2 Å². The molecule has 0 unspecified atom stereocenters. The minimum absolute atomic E-state index is 0.296. The highest BCUT2D eigenvalue weighted by molar-refractivity contribution is 7.98. The fraction of sp³-hybridized carbons (Fsp3) is 0.118. The summed E-state index contributed by atoms with van der Waals surface area (Å²) in [6.45, 7) is 0.